The highest BCUT2D eigenvalue weighted by Crippen LogP contribution is 2.36. The lowest BCUT2D eigenvalue weighted by Crippen LogP contribution is -2.05. The van der Waals surface area contributed by atoms with E-state index in [4.69, 9.17) is 16.6 Å². The van der Waals surface area contributed by atoms with Crippen LogP contribution in [0, 0.1) is 18.3 Å². The summed E-state index contributed by atoms with van der Waals surface area (Å²) in [5.74, 6) is 0. The van der Waals surface area contributed by atoms with Gasteiger partial charge in [0, 0.05) is 36.0 Å². The van der Waals surface area contributed by atoms with Gasteiger partial charge < -0.3 is 9.55 Å². The number of hydrogen-bond donors (Lipinski definition) is 1. The number of aromatic nitrogens is 4. The summed E-state index contributed by atoms with van der Waals surface area (Å²) in [7, 11) is 1.91. The summed E-state index contributed by atoms with van der Waals surface area (Å²) in [6.07, 6.45) is 1.59. The molecule has 0 fully saturated rings. The Kier molecular flexibility index (Phi) is 4.35. The molecule has 0 aliphatic heterocycles. The van der Waals surface area contributed by atoms with Crippen molar-refractivity contribution in [3.05, 3.63) is 81.4 Å². The van der Waals surface area contributed by atoms with Gasteiger partial charge in [-0.25, -0.2) is 9.97 Å². The van der Waals surface area contributed by atoms with Crippen molar-refractivity contribution in [2.24, 2.45) is 7.05 Å². The smallest absolute Gasteiger partial charge is 0.191 e. The number of H-pyrrole nitrogens is 1. The van der Waals surface area contributed by atoms with Crippen LogP contribution in [0.3, 0.4) is 0 Å². The zero-order valence-electron chi connectivity index (χ0n) is 16.8. The first-order valence-electron chi connectivity index (χ1n) is 9.62. The van der Waals surface area contributed by atoms with Crippen LogP contribution in [0.15, 0.2) is 59.5 Å². The average molecular weight is 426 g/mol. The van der Waals surface area contributed by atoms with Gasteiger partial charge in [-0.1, -0.05) is 23.7 Å². The molecule has 5 rings (SSSR count). The van der Waals surface area contributed by atoms with E-state index in [0.717, 1.165) is 33.4 Å². The summed E-state index contributed by atoms with van der Waals surface area (Å²) < 4.78 is 1.96. The number of aromatic amines is 1. The Hall–Kier alpha value is -3.95. The summed E-state index contributed by atoms with van der Waals surface area (Å²) in [5, 5.41) is 11.4. The minimum atomic E-state index is -0.116. The quantitative estimate of drug-likeness (QED) is 0.404. The number of pyridine rings is 3. The first kappa shape index (κ1) is 19.0. The number of halogens is 1. The van der Waals surface area contributed by atoms with Gasteiger partial charge in [-0.15, -0.1) is 0 Å². The molecule has 4 aromatic heterocycles. The van der Waals surface area contributed by atoms with Crippen LogP contribution in [0.25, 0.3) is 44.5 Å². The monoisotopic (exact) mass is 425 g/mol. The van der Waals surface area contributed by atoms with Crippen molar-refractivity contribution in [3.63, 3.8) is 0 Å². The van der Waals surface area contributed by atoms with Gasteiger partial charge in [0.2, 0.25) is 0 Å². The fraction of sp³-hybridized carbons (Fsp3) is 0.0833. The zero-order chi connectivity index (χ0) is 21.7. The molecular formula is C24H16ClN5O. The van der Waals surface area contributed by atoms with Crippen molar-refractivity contribution >= 4 is 33.5 Å². The van der Waals surface area contributed by atoms with Crippen LogP contribution in [0.2, 0.25) is 5.15 Å². The lowest BCUT2D eigenvalue weighted by atomic mass is 10.0. The van der Waals surface area contributed by atoms with Crippen LogP contribution in [0.4, 0.5) is 0 Å². The van der Waals surface area contributed by atoms with E-state index in [-0.39, 0.29) is 5.43 Å². The van der Waals surface area contributed by atoms with Gasteiger partial charge >= 0.3 is 0 Å². The molecule has 0 saturated heterocycles. The second-order valence-corrected chi connectivity index (χ2v) is 7.77. The molecule has 1 aromatic carbocycles. The molecule has 1 N–H and O–H groups in total. The summed E-state index contributed by atoms with van der Waals surface area (Å²) in [4.78, 5) is 24.6. The highest BCUT2D eigenvalue weighted by molar-refractivity contribution is 6.29. The SMILES string of the molecule is Cc1cc(-c2cc3c(=O)cc[nH]c3nc2-c2cc3cccc(C#N)c3n2C)cc(Cl)n1. The number of aryl methyl sites for hydroxylation is 2. The molecule has 0 saturated carbocycles. The number of nitriles is 1. The molecule has 0 aliphatic carbocycles. The Bertz CT molecular complexity index is 1590. The third kappa shape index (κ3) is 3.07. The molecule has 0 amide bonds. The van der Waals surface area contributed by atoms with Crippen molar-refractivity contribution in [2.45, 2.75) is 6.92 Å². The fourth-order valence-electron chi connectivity index (χ4n) is 4.03. The van der Waals surface area contributed by atoms with Crippen LogP contribution in [0.1, 0.15) is 11.3 Å². The van der Waals surface area contributed by atoms with Gasteiger partial charge in [0.1, 0.15) is 16.9 Å². The summed E-state index contributed by atoms with van der Waals surface area (Å²) in [5.41, 5.74) is 5.64. The molecule has 4 heterocycles. The minimum Gasteiger partial charge on any atom is -0.346 e. The van der Waals surface area contributed by atoms with Gasteiger partial charge in [-0.05, 0) is 42.8 Å². The lowest BCUT2D eigenvalue weighted by molar-refractivity contribution is 0.970. The van der Waals surface area contributed by atoms with Crippen LogP contribution in [-0.2, 0) is 7.05 Å². The van der Waals surface area contributed by atoms with Crippen molar-refractivity contribution < 1.29 is 0 Å². The predicted molar refractivity (Wildman–Crippen MR) is 122 cm³/mol. The van der Waals surface area contributed by atoms with Crippen molar-refractivity contribution in [2.75, 3.05) is 0 Å². The summed E-state index contributed by atoms with van der Waals surface area (Å²) >= 11 is 6.24. The molecule has 0 radical (unpaired) electrons. The van der Waals surface area contributed by atoms with Gasteiger partial charge in [0.25, 0.3) is 0 Å². The number of rotatable bonds is 2. The second-order valence-electron chi connectivity index (χ2n) is 7.39. The van der Waals surface area contributed by atoms with Crippen molar-refractivity contribution in [3.8, 4) is 28.6 Å². The van der Waals surface area contributed by atoms with E-state index >= 15 is 0 Å². The maximum Gasteiger partial charge on any atom is 0.191 e. The molecular weight excluding hydrogens is 410 g/mol. The molecule has 0 bridgehead atoms. The number of nitrogens with one attached hydrogen (secondary N) is 1. The number of hydrogen-bond acceptors (Lipinski definition) is 4. The van der Waals surface area contributed by atoms with Crippen LogP contribution in [-0.4, -0.2) is 19.5 Å². The van der Waals surface area contributed by atoms with Gasteiger partial charge in [0.05, 0.1) is 27.9 Å². The minimum absolute atomic E-state index is 0.116. The fourth-order valence-corrected chi connectivity index (χ4v) is 4.28. The van der Waals surface area contributed by atoms with E-state index < -0.39 is 0 Å². The molecule has 6 nitrogen and oxygen atoms in total. The molecule has 31 heavy (non-hydrogen) atoms. The Balaban J connectivity index is 1.91. The van der Waals surface area contributed by atoms with E-state index in [1.165, 1.54) is 6.07 Å². The van der Waals surface area contributed by atoms with Gasteiger partial charge in [-0.2, -0.15) is 5.26 Å². The van der Waals surface area contributed by atoms with Crippen molar-refractivity contribution in [1.29, 1.82) is 5.26 Å². The number of nitrogens with zero attached hydrogens (tertiary/aromatic N) is 4. The highest BCUT2D eigenvalue weighted by Gasteiger charge is 2.19. The Morgan fingerprint density at radius 3 is 2.74 bits per heavy atom. The number of para-hydroxylation sites is 1. The van der Waals surface area contributed by atoms with Crippen LogP contribution >= 0.6 is 11.6 Å². The average Bonchev–Trinajstić information content (AvgIpc) is 3.09. The molecule has 0 atom stereocenters. The van der Waals surface area contributed by atoms with Gasteiger partial charge in [-0.3, -0.25) is 4.79 Å². The Labute approximate surface area is 182 Å². The van der Waals surface area contributed by atoms with E-state index in [1.807, 2.05) is 48.9 Å². The summed E-state index contributed by atoms with van der Waals surface area (Å²) in [6, 6.07) is 16.9. The zero-order valence-corrected chi connectivity index (χ0v) is 17.5. The molecule has 150 valence electrons. The highest BCUT2D eigenvalue weighted by atomic mass is 35.5. The first-order valence-corrected chi connectivity index (χ1v) is 10.00. The third-order valence-electron chi connectivity index (χ3n) is 5.40. The molecule has 0 unspecified atom stereocenters. The number of benzene rings is 1. The maximum absolute atomic E-state index is 12.5. The second kappa shape index (κ2) is 7.08. The normalized spacial score (nSPS) is 11.2. The lowest BCUT2D eigenvalue weighted by Gasteiger charge is -2.13. The molecule has 5 aromatic rings. The van der Waals surface area contributed by atoms with E-state index in [1.54, 1.807) is 18.3 Å². The Morgan fingerprint density at radius 2 is 1.97 bits per heavy atom. The molecule has 7 heteroatoms. The number of fused-ring (bicyclic) bond motifs is 2. The maximum atomic E-state index is 12.5. The first-order chi connectivity index (χ1) is 15.0. The van der Waals surface area contributed by atoms with E-state index in [2.05, 4.69) is 16.0 Å². The summed E-state index contributed by atoms with van der Waals surface area (Å²) in [6.45, 7) is 1.87. The molecule has 0 aliphatic rings. The Morgan fingerprint density at radius 1 is 1.13 bits per heavy atom. The van der Waals surface area contributed by atoms with E-state index in [9.17, 15) is 10.1 Å². The third-order valence-corrected chi connectivity index (χ3v) is 5.59. The standard InChI is InChI=1S/C24H16ClN5O/c1-13-8-16(10-21(25)28-13)17-11-18-20(31)6-7-27-24(18)29-22(17)19-9-14-4-3-5-15(12-26)23(14)30(19)2/h3-11H,1-2H3,(H,27,29,31). The van der Waals surface area contributed by atoms with Gasteiger partial charge in [0.15, 0.2) is 5.43 Å². The van der Waals surface area contributed by atoms with Crippen molar-refractivity contribution in [1.82, 2.24) is 19.5 Å². The largest absolute Gasteiger partial charge is 0.346 e. The molecule has 0 spiro atoms. The van der Waals surface area contributed by atoms with E-state index in [0.29, 0.717) is 27.4 Å². The predicted octanol–water partition coefficient (Wildman–Crippen LogP) is 4.98. The van der Waals surface area contributed by atoms with Crippen LogP contribution in [0.5, 0.6) is 0 Å². The van der Waals surface area contributed by atoms with Crippen LogP contribution < -0.4 is 5.43 Å². The topological polar surface area (TPSA) is 87.4 Å².